The maximum absolute atomic E-state index is 11.7. The van der Waals surface area contributed by atoms with Crippen LogP contribution in [0, 0.1) is 0 Å². The SMILES string of the molecule is NC1CN(C(=O)C2CCCCO2)C1. The number of amides is 1. The third-order valence-electron chi connectivity index (χ3n) is 2.68. The van der Waals surface area contributed by atoms with E-state index in [-0.39, 0.29) is 18.1 Å². The molecule has 1 atom stereocenters. The Morgan fingerprint density at radius 2 is 2.15 bits per heavy atom. The number of hydrogen-bond acceptors (Lipinski definition) is 3. The third-order valence-corrected chi connectivity index (χ3v) is 2.68. The van der Waals surface area contributed by atoms with Crippen LogP contribution in [0.25, 0.3) is 0 Å². The second-order valence-corrected chi connectivity index (χ2v) is 3.86. The smallest absolute Gasteiger partial charge is 0.251 e. The molecule has 4 heteroatoms. The fraction of sp³-hybridized carbons (Fsp3) is 0.889. The predicted octanol–water partition coefficient (Wildman–Crippen LogP) is -0.275. The minimum absolute atomic E-state index is 0.140. The summed E-state index contributed by atoms with van der Waals surface area (Å²) in [6, 6.07) is 0.188. The molecule has 0 aromatic heterocycles. The first-order valence-electron chi connectivity index (χ1n) is 4.93. The van der Waals surface area contributed by atoms with E-state index >= 15 is 0 Å². The summed E-state index contributed by atoms with van der Waals surface area (Å²) in [7, 11) is 0. The fourth-order valence-corrected chi connectivity index (χ4v) is 1.83. The van der Waals surface area contributed by atoms with Gasteiger partial charge < -0.3 is 15.4 Å². The first kappa shape index (κ1) is 8.97. The number of carbonyl (C=O) groups is 1. The summed E-state index contributed by atoms with van der Waals surface area (Å²) in [6.45, 7) is 2.15. The fourth-order valence-electron chi connectivity index (χ4n) is 1.83. The lowest BCUT2D eigenvalue weighted by atomic mass is 10.0. The summed E-state index contributed by atoms with van der Waals surface area (Å²) in [6.07, 6.45) is 2.89. The molecule has 0 aromatic rings. The Kier molecular flexibility index (Phi) is 2.51. The van der Waals surface area contributed by atoms with E-state index in [0.29, 0.717) is 13.1 Å². The Hall–Kier alpha value is -0.610. The molecule has 2 heterocycles. The summed E-state index contributed by atoms with van der Waals surface area (Å²) >= 11 is 0. The van der Waals surface area contributed by atoms with Crippen LogP contribution in [0.3, 0.4) is 0 Å². The standard InChI is InChI=1S/C9H16N2O2/c10-7-5-11(6-7)9(12)8-3-1-2-4-13-8/h7-8H,1-6,10H2. The van der Waals surface area contributed by atoms with Crippen LogP contribution in [-0.4, -0.2) is 42.6 Å². The molecule has 4 nitrogen and oxygen atoms in total. The maximum atomic E-state index is 11.7. The molecule has 0 spiro atoms. The normalized spacial score (nSPS) is 29.9. The van der Waals surface area contributed by atoms with Crippen molar-refractivity contribution in [1.82, 2.24) is 4.90 Å². The van der Waals surface area contributed by atoms with Gasteiger partial charge in [-0.05, 0) is 19.3 Å². The topological polar surface area (TPSA) is 55.6 Å². The number of carbonyl (C=O) groups excluding carboxylic acids is 1. The molecule has 1 unspecified atom stereocenters. The van der Waals surface area contributed by atoms with Gasteiger partial charge in [-0.2, -0.15) is 0 Å². The van der Waals surface area contributed by atoms with Crippen LogP contribution in [0.5, 0.6) is 0 Å². The molecule has 2 saturated heterocycles. The van der Waals surface area contributed by atoms with Crippen LogP contribution in [0.15, 0.2) is 0 Å². The summed E-state index contributed by atoms with van der Waals surface area (Å²) in [4.78, 5) is 13.5. The molecule has 0 bridgehead atoms. The zero-order chi connectivity index (χ0) is 9.26. The Morgan fingerprint density at radius 1 is 1.38 bits per heavy atom. The molecule has 74 valence electrons. The molecular weight excluding hydrogens is 168 g/mol. The number of hydrogen-bond donors (Lipinski definition) is 1. The summed E-state index contributed by atoms with van der Waals surface area (Å²) in [5, 5.41) is 0. The Bertz CT molecular complexity index is 196. The van der Waals surface area contributed by atoms with E-state index in [1.807, 2.05) is 0 Å². The predicted molar refractivity (Wildman–Crippen MR) is 48.1 cm³/mol. The van der Waals surface area contributed by atoms with Gasteiger partial charge in [0.2, 0.25) is 0 Å². The summed E-state index contributed by atoms with van der Waals surface area (Å²) in [5.41, 5.74) is 5.60. The molecule has 2 rings (SSSR count). The zero-order valence-electron chi connectivity index (χ0n) is 7.74. The molecule has 0 saturated carbocycles. The van der Waals surface area contributed by atoms with E-state index < -0.39 is 0 Å². The minimum atomic E-state index is -0.179. The van der Waals surface area contributed by atoms with Crippen molar-refractivity contribution < 1.29 is 9.53 Å². The molecule has 2 aliphatic rings. The second kappa shape index (κ2) is 3.64. The van der Waals surface area contributed by atoms with E-state index in [9.17, 15) is 4.79 Å². The maximum Gasteiger partial charge on any atom is 0.251 e. The van der Waals surface area contributed by atoms with E-state index in [2.05, 4.69) is 0 Å². The Morgan fingerprint density at radius 3 is 2.69 bits per heavy atom. The van der Waals surface area contributed by atoms with Crippen LogP contribution >= 0.6 is 0 Å². The van der Waals surface area contributed by atoms with Crippen LogP contribution in [0.1, 0.15) is 19.3 Å². The number of ether oxygens (including phenoxy) is 1. The highest BCUT2D eigenvalue weighted by Gasteiger charge is 2.33. The molecule has 13 heavy (non-hydrogen) atoms. The van der Waals surface area contributed by atoms with Gasteiger partial charge in [-0.25, -0.2) is 0 Å². The van der Waals surface area contributed by atoms with Gasteiger partial charge in [-0.1, -0.05) is 0 Å². The van der Waals surface area contributed by atoms with E-state index in [4.69, 9.17) is 10.5 Å². The van der Waals surface area contributed by atoms with Crippen LogP contribution in [0.2, 0.25) is 0 Å². The van der Waals surface area contributed by atoms with E-state index in [0.717, 1.165) is 25.9 Å². The third kappa shape index (κ3) is 1.84. The number of nitrogens with zero attached hydrogens (tertiary/aromatic N) is 1. The number of nitrogens with two attached hydrogens (primary N) is 1. The molecule has 1 amide bonds. The molecule has 2 fully saturated rings. The van der Waals surface area contributed by atoms with Gasteiger partial charge in [0.1, 0.15) is 6.10 Å². The molecule has 0 aromatic carbocycles. The van der Waals surface area contributed by atoms with Crippen molar-refractivity contribution in [2.24, 2.45) is 5.73 Å². The van der Waals surface area contributed by atoms with Gasteiger partial charge in [-0.15, -0.1) is 0 Å². The van der Waals surface area contributed by atoms with Crippen molar-refractivity contribution in [2.75, 3.05) is 19.7 Å². The average molecular weight is 184 g/mol. The quantitative estimate of drug-likeness (QED) is 0.610. The highest BCUT2D eigenvalue weighted by molar-refractivity contribution is 5.81. The van der Waals surface area contributed by atoms with Crippen LogP contribution in [-0.2, 0) is 9.53 Å². The van der Waals surface area contributed by atoms with Crippen LogP contribution < -0.4 is 5.73 Å². The lowest BCUT2D eigenvalue weighted by molar-refractivity contribution is -0.150. The second-order valence-electron chi connectivity index (χ2n) is 3.86. The molecule has 2 N–H and O–H groups in total. The molecule has 0 radical (unpaired) electrons. The van der Waals surface area contributed by atoms with E-state index in [1.54, 1.807) is 4.90 Å². The van der Waals surface area contributed by atoms with Gasteiger partial charge in [0.25, 0.3) is 5.91 Å². The summed E-state index contributed by atoms with van der Waals surface area (Å²) in [5.74, 6) is 0.140. The highest BCUT2D eigenvalue weighted by atomic mass is 16.5. The molecular formula is C9H16N2O2. The average Bonchev–Trinajstić information content (AvgIpc) is 2.13. The zero-order valence-corrected chi connectivity index (χ0v) is 7.74. The Labute approximate surface area is 78.0 Å². The first-order chi connectivity index (χ1) is 6.27. The van der Waals surface area contributed by atoms with Crippen molar-refractivity contribution in [3.05, 3.63) is 0 Å². The van der Waals surface area contributed by atoms with Crippen molar-refractivity contribution in [1.29, 1.82) is 0 Å². The van der Waals surface area contributed by atoms with E-state index in [1.165, 1.54) is 0 Å². The number of likely N-dealkylation sites (tertiary alicyclic amines) is 1. The molecule has 2 aliphatic heterocycles. The van der Waals surface area contributed by atoms with Crippen LogP contribution in [0.4, 0.5) is 0 Å². The molecule has 0 aliphatic carbocycles. The highest BCUT2D eigenvalue weighted by Crippen LogP contribution is 2.17. The van der Waals surface area contributed by atoms with Gasteiger partial charge in [0.15, 0.2) is 0 Å². The minimum Gasteiger partial charge on any atom is -0.368 e. The van der Waals surface area contributed by atoms with Gasteiger partial charge >= 0.3 is 0 Å². The lowest BCUT2D eigenvalue weighted by Gasteiger charge is -2.39. The summed E-state index contributed by atoms with van der Waals surface area (Å²) < 4.78 is 5.40. The van der Waals surface area contributed by atoms with Crippen molar-refractivity contribution in [2.45, 2.75) is 31.4 Å². The van der Waals surface area contributed by atoms with Crippen molar-refractivity contribution >= 4 is 5.91 Å². The lowest BCUT2D eigenvalue weighted by Crippen LogP contribution is -2.60. The number of rotatable bonds is 1. The van der Waals surface area contributed by atoms with Gasteiger partial charge in [0, 0.05) is 25.7 Å². The largest absolute Gasteiger partial charge is 0.368 e. The first-order valence-corrected chi connectivity index (χ1v) is 4.93. The van der Waals surface area contributed by atoms with Gasteiger partial charge in [-0.3, -0.25) is 4.79 Å². The van der Waals surface area contributed by atoms with Crippen molar-refractivity contribution in [3.8, 4) is 0 Å². The van der Waals surface area contributed by atoms with Gasteiger partial charge in [0.05, 0.1) is 0 Å². The monoisotopic (exact) mass is 184 g/mol. The van der Waals surface area contributed by atoms with Crippen molar-refractivity contribution in [3.63, 3.8) is 0 Å². The Balaban J connectivity index is 1.82.